The Labute approximate surface area is 150 Å². The first-order valence-corrected chi connectivity index (χ1v) is 7.93. The molecule has 0 aliphatic heterocycles. The van der Waals surface area contributed by atoms with Crippen molar-refractivity contribution in [3.05, 3.63) is 63.6 Å². The van der Waals surface area contributed by atoms with E-state index in [1.807, 2.05) is 6.07 Å². The summed E-state index contributed by atoms with van der Waals surface area (Å²) in [6, 6.07) is 11.8. The number of nitrogens with two attached hydrogens (primary N) is 1. The molecule has 126 valence electrons. The number of rotatable bonds is 6. The summed E-state index contributed by atoms with van der Waals surface area (Å²) in [4.78, 5) is 25.3. The van der Waals surface area contributed by atoms with E-state index in [0.717, 1.165) is 5.56 Å². The average Bonchev–Trinajstić information content (AvgIpc) is 2.50. The molecule has 24 heavy (non-hydrogen) atoms. The molecule has 0 unspecified atom stereocenters. The van der Waals surface area contributed by atoms with Crippen LogP contribution >= 0.6 is 23.2 Å². The molecule has 0 saturated heterocycles. The number of para-hydroxylation sites is 1. The first-order valence-electron chi connectivity index (χ1n) is 7.18. The van der Waals surface area contributed by atoms with Gasteiger partial charge in [0.25, 0.3) is 5.91 Å². The van der Waals surface area contributed by atoms with Gasteiger partial charge < -0.3 is 11.1 Å². The third-order valence-electron chi connectivity index (χ3n) is 3.34. The number of hydrogen-bond acceptors (Lipinski definition) is 3. The SMILES string of the molecule is CN(CC(=O)Nc1ccccc1C(N)=O)Cc1ccc(Cl)cc1Cl. The first-order chi connectivity index (χ1) is 11.4. The van der Waals surface area contributed by atoms with Crippen LogP contribution in [0.25, 0.3) is 0 Å². The van der Waals surface area contributed by atoms with E-state index < -0.39 is 5.91 Å². The third-order valence-corrected chi connectivity index (χ3v) is 3.92. The van der Waals surface area contributed by atoms with E-state index in [1.54, 1.807) is 48.3 Å². The zero-order valence-electron chi connectivity index (χ0n) is 13.1. The largest absolute Gasteiger partial charge is 0.366 e. The van der Waals surface area contributed by atoms with Gasteiger partial charge in [0.15, 0.2) is 0 Å². The Morgan fingerprint density at radius 1 is 1.17 bits per heavy atom. The highest BCUT2D eigenvalue weighted by molar-refractivity contribution is 6.35. The predicted molar refractivity (Wildman–Crippen MR) is 96.4 cm³/mol. The molecule has 7 heteroatoms. The highest BCUT2D eigenvalue weighted by atomic mass is 35.5. The Bertz CT molecular complexity index is 765. The molecule has 0 atom stereocenters. The lowest BCUT2D eigenvalue weighted by Crippen LogP contribution is -2.30. The summed E-state index contributed by atoms with van der Waals surface area (Å²) in [6.07, 6.45) is 0. The third kappa shape index (κ3) is 4.96. The summed E-state index contributed by atoms with van der Waals surface area (Å²) in [6.45, 7) is 0.618. The van der Waals surface area contributed by atoms with Crippen LogP contribution in [-0.2, 0) is 11.3 Å². The number of carbonyl (C=O) groups excluding carboxylic acids is 2. The molecule has 0 spiro atoms. The average molecular weight is 366 g/mol. The molecular formula is C17H17Cl2N3O2. The second-order valence-corrected chi connectivity index (χ2v) is 6.21. The zero-order valence-corrected chi connectivity index (χ0v) is 14.6. The normalized spacial score (nSPS) is 10.7. The highest BCUT2D eigenvalue weighted by Gasteiger charge is 2.13. The molecule has 0 saturated carbocycles. The van der Waals surface area contributed by atoms with Gasteiger partial charge in [-0.05, 0) is 36.9 Å². The topological polar surface area (TPSA) is 75.4 Å². The van der Waals surface area contributed by atoms with Crippen LogP contribution < -0.4 is 11.1 Å². The van der Waals surface area contributed by atoms with Crippen molar-refractivity contribution >= 4 is 40.7 Å². The van der Waals surface area contributed by atoms with Crippen LogP contribution in [-0.4, -0.2) is 30.3 Å². The van der Waals surface area contributed by atoms with Crippen LogP contribution in [0.1, 0.15) is 15.9 Å². The van der Waals surface area contributed by atoms with Crippen LogP contribution in [0, 0.1) is 0 Å². The summed E-state index contributed by atoms with van der Waals surface area (Å²) in [7, 11) is 1.80. The van der Waals surface area contributed by atoms with Gasteiger partial charge >= 0.3 is 0 Å². The van der Waals surface area contributed by atoms with E-state index in [4.69, 9.17) is 28.9 Å². The molecule has 2 aromatic carbocycles. The molecule has 0 aliphatic rings. The van der Waals surface area contributed by atoms with Crippen molar-refractivity contribution in [1.29, 1.82) is 0 Å². The van der Waals surface area contributed by atoms with Gasteiger partial charge in [0.05, 0.1) is 17.8 Å². The van der Waals surface area contributed by atoms with E-state index in [1.165, 1.54) is 0 Å². The van der Waals surface area contributed by atoms with Crippen LogP contribution in [0.2, 0.25) is 10.0 Å². The Balaban J connectivity index is 1.98. The molecule has 0 radical (unpaired) electrons. The predicted octanol–water partition coefficient (Wildman–Crippen LogP) is 3.16. The molecule has 0 bridgehead atoms. The van der Waals surface area contributed by atoms with Crippen molar-refractivity contribution in [2.45, 2.75) is 6.54 Å². The second-order valence-electron chi connectivity index (χ2n) is 5.37. The lowest BCUT2D eigenvalue weighted by molar-refractivity contribution is -0.117. The van der Waals surface area contributed by atoms with Crippen molar-refractivity contribution < 1.29 is 9.59 Å². The van der Waals surface area contributed by atoms with E-state index in [9.17, 15) is 9.59 Å². The summed E-state index contributed by atoms with van der Waals surface area (Å²) in [5.74, 6) is -0.844. The van der Waals surface area contributed by atoms with E-state index in [-0.39, 0.29) is 18.0 Å². The van der Waals surface area contributed by atoms with Crippen molar-refractivity contribution in [2.75, 3.05) is 18.9 Å². The smallest absolute Gasteiger partial charge is 0.250 e. The van der Waals surface area contributed by atoms with Gasteiger partial charge in [0, 0.05) is 16.6 Å². The lowest BCUT2D eigenvalue weighted by atomic mass is 10.1. The van der Waals surface area contributed by atoms with Crippen molar-refractivity contribution in [2.24, 2.45) is 5.73 Å². The minimum Gasteiger partial charge on any atom is -0.366 e. The van der Waals surface area contributed by atoms with Crippen molar-refractivity contribution in [3.8, 4) is 0 Å². The molecule has 3 N–H and O–H groups in total. The number of benzene rings is 2. The summed E-state index contributed by atoms with van der Waals surface area (Å²) in [5, 5.41) is 3.81. The van der Waals surface area contributed by atoms with Crippen LogP contribution in [0.3, 0.4) is 0 Å². The van der Waals surface area contributed by atoms with Gasteiger partial charge in [-0.25, -0.2) is 0 Å². The Morgan fingerprint density at radius 3 is 2.54 bits per heavy atom. The monoisotopic (exact) mass is 365 g/mol. The van der Waals surface area contributed by atoms with E-state index >= 15 is 0 Å². The maximum atomic E-state index is 12.2. The standard InChI is InChI=1S/C17H17Cl2N3O2/c1-22(9-11-6-7-12(18)8-14(11)19)10-16(23)21-15-5-3-2-4-13(15)17(20)24/h2-8H,9-10H2,1H3,(H2,20,24)(H,21,23). The van der Waals surface area contributed by atoms with Gasteiger partial charge in [-0.3, -0.25) is 14.5 Å². The Kier molecular flexibility index (Phi) is 6.20. The minimum atomic E-state index is -0.591. The summed E-state index contributed by atoms with van der Waals surface area (Å²) >= 11 is 12.0. The summed E-state index contributed by atoms with van der Waals surface area (Å²) < 4.78 is 0. The molecular weight excluding hydrogens is 349 g/mol. The van der Waals surface area contributed by atoms with Gasteiger partial charge in [-0.15, -0.1) is 0 Å². The fourth-order valence-corrected chi connectivity index (χ4v) is 2.71. The number of hydrogen-bond donors (Lipinski definition) is 2. The first kappa shape index (κ1) is 18.3. The van der Waals surface area contributed by atoms with E-state index in [0.29, 0.717) is 22.3 Å². The molecule has 0 fully saturated rings. The highest BCUT2D eigenvalue weighted by Crippen LogP contribution is 2.22. The van der Waals surface area contributed by atoms with Crippen LogP contribution in [0.15, 0.2) is 42.5 Å². The summed E-state index contributed by atoms with van der Waals surface area (Å²) in [5.41, 5.74) is 6.83. The number of anilines is 1. The number of halogens is 2. The number of nitrogens with zero attached hydrogens (tertiary/aromatic N) is 1. The number of carbonyl (C=O) groups is 2. The molecule has 2 rings (SSSR count). The number of nitrogens with one attached hydrogen (secondary N) is 1. The maximum Gasteiger partial charge on any atom is 0.250 e. The van der Waals surface area contributed by atoms with Gasteiger partial charge in [0.1, 0.15) is 0 Å². The van der Waals surface area contributed by atoms with Crippen molar-refractivity contribution in [1.82, 2.24) is 4.90 Å². The molecule has 2 aromatic rings. The number of amides is 2. The number of primary amides is 1. The molecule has 0 heterocycles. The minimum absolute atomic E-state index is 0.131. The Hall–Kier alpha value is -2.08. The fourth-order valence-electron chi connectivity index (χ4n) is 2.24. The lowest BCUT2D eigenvalue weighted by Gasteiger charge is -2.17. The maximum absolute atomic E-state index is 12.2. The second kappa shape index (κ2) is 8.15. The van der Waals surface area contributed by atoms with Gasteiger partial charge in [0.2, 0.25) is 5.91 Å². The molecule has 0 aromatic heterocycles. The molecule has 2 amide bonds. The molecule has 5 nitrogen and oxygen atoms in total. The van der Waals surface area contributed by atoms with Crippen molar-refractivity contribution in [3.63, 3.8) is 0 Å². The fraction of sp³-hybridized carbons (Fsp3) is 0.176. The molecule has 0 aliphatic carbocycles. The van der Waals surface area contributed by atoms with Crippen LogP contribution in [0.4, 0.5) is 5.69 Å². The van der Waals surface area contributed by atoms with Crippen LogP contribution in [0.5, 0.6) is 0 Å². The Morgan fingerprint density at radius 2 is 1.88 bits per heavy atom. The zero-order chi connectivity index (χ0) is 17.7. The quantitative estimate of drug-likeness (QED) is 0.825. The van der Waals surface area contributed by atoms with E-state index in [2.05, 4.69) is 5.32 Å². The van der Waals surface area contributed by atoms with Gasteiger partial charge in [-0.2, -0.15) is 0 Å². The van der Waals surface area contributed by atoms with Gasteiger partial charge in [-0.1, -0.05) is 41.4 Å². The number of likely N-dealkylation sites (N-methyl/N-ethyl adjacent to an activating group) is 1.